The topological polar surface area (TPSA) is 104 Å². The van der Waals surface area contributed by atoms with Crippen molar-refractivity contribution in [3.63, 3.8) is 0 Å². The van der Waals surface area contributed by atoms with E-state index in [4.69, 9.17) is 5.73 Å². The molecule has 8 nitrogen and oxygen atoms in total. The van der Waals surface area contributed by atoms with E-state index in [1.54, 1.807) is 19.2 Å². The van der Waals surface area contributed by atoms with Crippen molar-refractivity contribution in [1.29, 1.82) is 0 Å². The molecule has 0 amide bonds. The van der Waals surface area contributed by atoms with Gasteiger partial charge in [-0.25, -0.2) is 9.97 Å². The molecule has 0 bridgehead atoms. The van der Waals surface area contributed by atoms with E-state index in [1.807, 2.05) is 13.1 Å². The molecule has 1 aliphatic heterocycles. The molecule has 3 heterocycles. The molecule has 0 radical (unpaired) electrons. The van der Waals surface area contributed by atoms with E-state index in [0.29, 0.717) is 29.4 Å². The standard InChI is InChI=1S/C23H29F3N8/c1-14(15-9-16(23(24,25)26)11-17(27)10-15)31-21-18-12-20(34-7-3-4-8-34)30-13-19(18)32-22(33-21)29-6-5-28-2/h9-14,28H,3-8,27H2,1-2H3,(H2,29,31,32,33). The summed E-state index contributed by atoms with van der Waals surface area (Å²) in [6.45, 7) is 4.98. The average Bonchev–Trinajstić information content (AvgIpc) is 3.33. The average molecular weight is 475 g/mol. The Bertz CT molecular complexity index is 1140. The van der Waals surface area contributed by atoms with E-state index >= 15 is 0 Å². The lowest BCUT2D eigenvalue weighted by Crippen LogP contribution is -2.20. The molecule has 1 unspecified atom stereocenters. The highest BCUT2D eigenvalue weighted by Gasteiger charge is 2.31. The highest BCUT2D eigenvalue weighted by molar-refractivity contribution is 5.91. The Kier molecular flexibility index (Phi) is 6.92. The van der Waals surface area contributed by atoms with Gasteiger partial charge < -0.3 is 26.6 Å². The van der Waals surface area contributed by atoms with Gasteiger partial charge in [-0.1, -0.05) is 0 Å². The highest BCUT2D eigenvalue weighted by atomic mass is 19.4. The smallest absolute Gasteiger partial charge is 0.399 e. The van der Waals surface area contributed by atoms with Crippen molar-refractivity contribution >= 4 is 34.2 Å². The summed E-state index contributed by atoms with van der Waals surface area (Å²) in [5, 5.41) is 10.2. The number of pyridine rings is 1. The largest absolute Gasteiger partial charge is 0.416 e. The molecule has 4 rings (SSSR count). The predicted molar refractivity (Wildman–Crippen MR) is 129 cm³/mol. The number of anilines is 4. The zero-order valence-electron chi connectivity index (χ0n) is 19.2. The quantitative estimate of drug-likeness (QED) is 0.287. The van der Waals surface area contributed by atoms with E-state index < -0.39 is 17.8 Å². The first-order chi connectivity index (χ1) is 16.2. The first kappa shape index (κ1) is 23.8. The number of aromatic nitrogens is 3. The Morgan fingerprint density at radius 3 is 2.56 bits per heavy atom. The van der Waals surface area contributed by atoms with E-state index in [0.717, 1.165) is 55.8 Å². The van der Waals surface area contributed by atoms with Crippen LogP contribution in [0.3, 0.4) is 0 Å². The number of benzene rings is 1. The number of nitrogens with one attached hydrogen (secondary N) is 3. The van der Waals surface area contributed by atoms with E-state index in [9.17, 15) is 13.2 Å². The summed E-state index contributed by atoms with van der Waals surface area (Å²) in [4.78, 5) is 16.0. The fourth-order valence-corrected chi connectivity index (χ4v) is 4.01. The van der Waals surface area contributed by atoms with Crippen LogP contribution in [0.2, 0.25) is 0 Å². The fraction of sp³-hybridized carbons (Fsp3) is 0.435. The van der Waals surface area contributed by atoms with Crippen LogP contribution in [0.15, 0.2) is 30.5 Å². The monoisotopic (exact) mass is 474 g/mol. The molecule has 0 aliphatic carbocycles. The molecule has 1 saturated heterocycles. The maximum absolute atomic E-state index is 13.3. The molecule has 1 atom stereocenters. The zero-order chi connectivity index (χ0) is 24.3. The Morgan fingerprint density at radius 2 is 1.85 bits per heavy atom. The lowest BCUT2D eigenvalue weighted by molar-refractivity contribution is -0.137. The Hall–Kier alpha value is -3.34. The van der Waals surface area contributed by atoms with Gasteiger partial charge in [0.15, 0.2) is 0 Å². The summed E-state index contributed by atoms with van der Waals surface area (Å²) in [6, 6.07) is 5.04. The van der Waals surface area contributed by atoms with Crippen LogP contribution in [0.25, 0.3) is 10.9 Å². The minimum atomic E-state index is -4.48. The van der Waals surface area contributed by atoms with Crippen LogP contribution in [0.1, 0.15) is 36.9 Å². The molecular formula is C23H29F3N8. The first-order valence-corrected chi connectivity index (χ1v) is 11.3. The number of halogens is 3. The number of hydrogen-bond donors (Lipinski definition) is 4. The lowest BCUT2D eigenvalue weighted by Gasteiger charge is -2.21. The molecular weight excluding hydrogens is 445 g/mol. The van der Waals surface area contributed by atoms with Crippen LogP contribution in [0.4, 0.5) is 36.4 Å². The predicted octanol–water partition coefficient (Wildman–Crippen LogP) is 4.03. The number of nitrogen functional groups attached to an aromatic ring is 1. The number of nitrogens with two attached hydrogens (primary N) is 1. The second-order valence-electron chi connectivity index (χ2n) is 8.43. The summed E-state index contributed by atoms with van der Waals surface area (Å²) in [5.41, 5.74) is 6.11. The molecule has 3 aromatic rings. The number of hydrogen-bond acceptors (Lipinski definition) is 8. The van der Waals surface area contributed by atoms with Crippen molar-refractivity contribution in [3.05, 3.63) is 41.6 Å². The number of rotatable bonds is 8. The van der Waals surface area contributed by atoms with Crippen LogP contribution in [-0.2, 0) is 6.18 Å². The Morgan fingerprint density at radius 1 is 1.09 bits per heavy atom. The fourth-order valence-electron chi connectivity index (χ4n) is 4.01. The van der Waals surface area contributed by atoms with E-state index in [-0.39, 0.29) is 5.69 Å². The Balaban J connectivity index is 1.71. The number of nitrogens with zero attached hydrogens (tertiary/aromatic N) is 4. The van der Waals surface area contributed by atoms with Gasteiger partial charge in [0.25, 0.3) is 0 Å². The third-order valence-corrected chi connectivity index (χ3v) is 5.81. The molecule has 34 heavy (non-hydrogen) atoms. The van der Waals surface area contributed by atoms with Crippen molar-refractivity contribution in [2.24, 2.45) is 0 Å². The van der Waals surface area contributed by atoms with Crippen molar-refractivity contribution < 1.29 is 13.2 Å². The van der Waals surface area contributed by atoms with Gasteiger partial charge in [-0.3, -0.25) is 0 Å². The molecule has 2 aromatic heterocycles. The summed E-state index contributed by atoms with van der Waals surface area (Å²) in [6.07, 6.45) is -0.536. The van der Waals surface area contributed by atoms with Crippen LogP contribution in [-0.4, -0.2) is 48.2 Å². The first-order valence-electron chi connectivity index (χ1n) is 11.3. The SMILES string of the molecule is CNCCNc1nc(NC(C)c2cc(N)cc(C(F)(F)F)c2)c2cc(N3CCCC3)ncc2n1. The second-order valence-corrected chi connectivity index (χ2v) is 8.43. The van der Waals surface area contributed by atoms with Gasteiger partial charge in [-0.15, -0.1) is 0 Å². The third-order valence-electron chi connectivity index (χ3n) is 5.81. The second kappa shape index (κ2) is 9.88. The normalized spacial score (nSPS) is 15.0. The molecule has 1 aromatic carbocycles. The van der Waals surface area contributed by atoms with E-state index in [1.165, 1.54) is 0 Å². The van der Waals surface area contributed by atoms with Crippen LogP contribution < -0.4 is 26.6 Å². The van der Waals surface area contributed by atoms with Gasteiger partial charge in [-0.05, 0) is 56.6 Å². The number of fused-ring (bicyclic) bond motifs is 1. The molecule has 0 spiro atoms. The molecule has 0 saturated carbocycles. The molecule has 182 valence electrons. The summed E-state index contributed by atoms with van der Waals surface area (Å²) in [5.74, 6) is 1.77. The molecule has 5 N–H and O–H groups in total. The van der Waals surface area contributed by atoms with Crippen molar-refractivity contribution in [2.45, 2.75) is 32.0 Å². The maximum atomic E-state index is 13.3. The minimum absolute atomic E-state index is 0.0564. The van der Waals surface area contributed by atoms with Crippen LogP contribution >= 0.6 is 0 Å². The van der Waals surface area contributed by atoms with Crippen molar-refractivity contribution in [2.75, 3.05) is 54.5 Å². The third kappa shape index (κ3) is 5.41. The van der Waals surface area contributed by atoms with Crippen LogP contribution in [0, 0.1) is 0 Å². The van der Waals surface area contributed by atoms with Crippen LogP contribution in [0.5, 0.6) is 0 Å². The zero-order valence-corrected chi connectivity index (χ0v) is 19.2. The van der Waals surface area contributed by atoms with E-state index in [2.05, 4.69) is 35.8 Å². The van der Waals surface area contributed by atoms with Gasteiger partial charge in [0.2, 0.25) is 5.95 Å². The van der Waals surface area contributed by atoms with Gasteiger partial charge in [0, 0.05) is 37.3 Å². The molecule has 1 aliphatic rings. The van der Waals surface area contributed by atoms with Gasteiger partial charge >= 0.3 is 6.18 Å². The van der Waals surface area contributed by atoms with Gasteiger partial charge in [0.1, 0.15) is 11.6 Å². The lowest BCUT2D eigenvalue weighted by atomic mass is 10.0. The molecule has 11 heteroatoms. The van der Waals surface area contributed by atoms with Gasteiger partial charge in [0.05, 0.1) is 23.3 Å². The number of alkyl halides is 3. The molecule has 1 fully saturated rings. The summed E-state index contributed by atoms with van der Waals surface area (Å²) < 4.78 is 40.0. The Labute approximate surface area is 196 Å². The highest BCUT2D eigenvalue weighted by Crippen LogP contribution is 2.34. The maximum Gasteiger partial charge on any atom is 0.416 e. The van der Waals surface area contributed by atoms with Gasteiger partial charge in [-0.2, -0.15) is 18.2 Å². The summed E-state index contributed by atoms with van der Waals surface area (Å²) >= 11 is 0. The number of likely N-dealkylation sites (N-methyl/N-ethyl adjacent to an activating group) is 1. The summed E-state index contributed by atoms with van der Waals surface area (Å²) in [7, 11) is 1.85. The minimum Gasteiger partial charge on any atom is -0.399 e. The van der Waals surface area contributed by atoms with Crippen molar-refractivity contribution in [1.82, 2.24) is 20.3 Å². The van der Waals surface area contributed by atoms with Crippen molar-refractivity contribution in [3.8, 4) is 0 Å².